The SMILES string of the molecule is CC(=O)c1ccc(S(=O)(=O)C2CN(C(=O)OC(C)(C)C)C2)cc1N1CCC2(CC1)CC2. The molecule has 1 aliphatic carbocycles. The zero-order chi connectivity index (χ0) is 22.6. The molecular weight excluding hydrogens is 416 g/mol. The summed E-state index contributed by atoms with van der Waals surface area (Å²) in [7, 11) is -3.61. The number of piperidine rings is 1. The van der Waals surface area contributed by atoms with Crippen LogP contribution in [0.5, 0.6) is 0 Å². The van der Waals surface area contributed by atoms with Crippen molar-refractivity contribution in [2.75, 3.05) is 31.1 Å². The van der Waals surface area contributed by atoms with Crippen molar-refractivity contribution >= 4 is 27.4 Å². The molecule has 3 aliphatic rings. The molecule has 7 nitrogen and oxygen atoms in total. The number of carbonyl (C=O) groups excluding carboxylic acids is 2. The summed E-state index contributed by atoms with van der Waals surface area (Å²) >= 11 is 0. The first-order chi connectivity index (χ1) is 14.4. The van der Waals surface area contributed by atoms with E-state index in [-0.39, 0.29) is 23.8 Å². The second-order valence-electron chi connectivity index (χ2n) is 10.3. The first kappa shape index (κ1) is 22.1. The summed E-state index contributed by atoms with van der Waals surface area (Å²) < 4.78 is 31.7. The highest BCUT2D eigenvalue weighted by atomic mass is 32.2. The maximum absolute atomic E-state index is 13.2. The van der Waals surface area contributed by atoms with Crippen LogP contribution in [0.1, 0.15) is 63.7 Å². The van der Waals surface area contributed by atoms with Gasteiger partial charge in [-0.05, 0) is 77.0 Å². The van der Waals surface area contributed by atoms with Crippen molar-refractivity contribution in [1.29, 1.82) is 0 Å². The number of Topliss-reactive ketones (excluding diaryl/α,β-unsaturated/α-hetero) is 1. The number of benzene rings is 1. The van der Waals surface area contributed by atoms with Gasteiger partial charge in [0.1, 0.15) is 10.9 Å². The number of ether oxygens (including phenoxy) is 1. The van der Waals surface area contributed by atoms with E-state index in [1.165, 1.54) is 30.7 Å². The lowest BCUT2D eigenvalue weighted by molar-refractivity contribution is 0.0139. The van der Waals surface area contributed by atoms with E-state index in [9.17, 15) is 18.0 Å². The van der Waals surface area contributed by atoms with Crippen LogP contribution >= 0.6 is 0 Å². The van der Waals surface area contributed by atoms with Crippen LogP contribution in [-0.4, -0.2) is 62.2 Å². The van der Waals surface area contributed by atoms with E-state index in [4.69, 9.17) is 4.74 Å². The predicted molar refractivity (Wildman–Crippen MR) is 118 cm³/mol. The maximum atomic E-state index is 13.2. The summed E-state index contributed by atoms with van der Waals surface area (Å²) in [4.78, 5) is 28.2. The Morgan fingerprint density at radius 2 is 1.68 bits per heavy atom. The minimum absolute atomic E-state index is 0.0644. The van der Waals surface area contributed by atoms with Crippen molar-refractivity contribution < 1.29 is 22.7 Å². The monoisotopic (exact) mass is 448 g/mol. The van der Waals surface area contributed by atoms with E-state index in [1.807, 2.05) is 0 Å². The second-order valence-corrected chi connectivity index (χ2v) is 12.5. The zero-order valence-electron chi connectivity index (χ0n) is 18.8. The average molecular weight is 449 g/mol. The van der Waals surface area contributed by atoms with Crippen LogP contribution in [0.3, 0.4) is 0 Å². The average Bonchev–Trinajstić information content (AvgIpc) is 3.37. The minimum Gasteiger partial charge on any atom is -0.444 e. The molecule has 1 aromatic rings. The van der Waals surface area contributed by atoms with Gasteiger partial charge in [-0.15, -0.1) is 0 Å². The Morgan fingerprint density at radius 3 is 2.19 bits per heavy atom. The lowest BCUT2D eigenvalue weighted by atomic mass is 9.93. The fourth-order valence-corrected chi connectivity index (χ4v) is 6.12. The standard InChI is InChI=1S/C23H32N2O5S/c1-16(26)19-6-5-17(13-20(19)24-11-9-23(7-8-23)10-12-24)31(28,29)18-14-25(15-18)21(27)30-22(2,3)4/h5-6,13,18H,7-12,14-15H2,1-4H3. The summed E-state index contributed by atoms with van der Waals surface area (Å²) in [6.07, 6.45) is 4.26. The number of sulfone groups is 1. The topological polar surface area (TPSA) is 84.0 Å². The number of likely N-dealkylation sites (tertiary alicyclic amines) is 1. The fourth-order valence-electron chi connectivity index (χ4n) is 4.45. The number of anilines is 1. The van der Waals surface area contributed by atoms with Crippen molar-refractivity contribution in [2.24, 2.45) is 5.41 Å². The summed E-state index contributed by atoms with van der Waals surface area (Å²) in [5.41, 5.74) is 1.15. The highest BCUT2D eigenvalue weighted by molar-refractivity contribution is 7.92. The quantitative estimate of drug-likeness (QED) is 0.654. The molecule has 1 spiro atoms. The third-order valence-corrected chi connectivity index (χ3v) is 8.82. The Labute approximate surface area is 184 Å². The van der Waals surface area contributed by atoms with Crippen molar-refractivity contribution in [3.63, 3.8) is 0 Å². The number of nitrogens with zero attached hydrogens (tertiary/aromatic N) is 2. The molecule has 1 aromatic carbocycles. The van der Waals surface area contributed by atoms with Gasteiger partial charge in [-0.3, -0.25) is 4.79 Å². The summed E-state index contributed by atoms with van der Waals surface area (Å²) in [5.74, 6) is -0.0644. The molecule has 0 N–H and O–H groups in total. The van der Waals surface area contributed by atoms with E-state index in [2.05, 4.69) is 4.90 Å². The van der Waals surface area contributed by atoms with Crippen LogP contribution in [0, 0.1) is 5.41 Å². The molecular formula is C23H32N2O5S. The Morgan fingerprint density at radius 1 is 1.06 bits per heavy atom. The number of ketones is 1. The second kappa shape index (κ2) is 7.50. The fraction of sp³-hybridized carbons (Fsp3) is 0.652. The lowest BCUT2D eigenvalue weighted by Gasteiger charge is -2.39. The summed E-state index contributed by atoms with van der Waals surface area (Å²) in [6.45, 7) is 8.79. The number of hydrogen-bond acceptors (Lipinski definition) is 6. The lowest BCUT2D eigenvalue weighted by Crippen LogP contribution is -2.57. The van der Waals surface area contributed by atoms with E-state index >= 15 is 0 Å². The molecule has 4 rings (SSSR count). The largest absolute Gasteiger partial charge is 0.444 e. The van der Waals surface area contributed by atoms with E-state index in [1.54, 1.807) is 32.9 Å². The van der Waals surface area contributed by atoms with Crippen molar-refractivity contribution in [2.45, 2.75) is 69.1 Å². The highest BCUT2D eigenvalue weighted by Gasteiger charge is 2.45. The van der Waals surface area contributed by atoms with Gasteiger partial charge in [0.15, 0.2) is 15.6 Å². The van der Waals surface area contributed by atoms with Crippen LogP contribution in [-0.2, 0) is 14.6 Å². The van der Waals surface area contributed by atoms with Gasteiger partial charge in [-0.2, -0.15) is 0 Å². The molecule has 0 atom stereocenters. The summed E-state index contributed by atoms with van der Waals surface area (Å²) in [5, 5.41) is -0.660. The van der Waals surface area contributed by atoms with Gasteiger partial charge < -0.3 is 14.5 Å². The first-order valence-corrected chi connectivity index (χ1v) is 12.6. The van der Waals surface area contributed by atoms with E-state index < -0.39 is 26.8 Å². The molecule has 2 heterocycles. The van der Waals surface area contributed by atoms with Crippen LogP contribution in [0.15, 0.2) is 23.1 Å². The van der Waals surface area contributed by atoms with Crippen LogP contribution in [0.2, 0.25) is 0 Å². The molecule has 170 valence electrons. The Hall–Kier alpha value is -2.09. The predicted octanol–water partition coefficient (Wildman–Crippen LogP) is 3.66. The molecule has 3 fully saturated rings. The Balaban J connectivity index is 1.51. The third kappa shape index (κ3) is 4.45. The Bertz CT molecular complexity index is 991. The van der Waals surface area contributed by atoms with Gasteiger partial charge in [0.25, 0.3) is 0 Å². The highest BCUT2D eigenvalue weighted by Crippen LogP contribution is 2.54. The molecule has 1 amide bonds. The smallest absolute Gasteiger partial charge is 0.410 e. The molecule has 0 aromatic heterocycles. The molecule has 0 bridgehead atoms. The minimum atomic E-state index is -3.61. The zero-order valence-corrected chi connectivity index (χ0v) is 19.6. The van der Waals surface area contributed by atoms with Gasteiger partial charge >= 0.3 is 6.09 Å². The van der Waals surface area contributed by atoms with Gasteiger partial charge in [0.05, 0.1) is 4.90 Å². The molecule has 31 heavy (non-hydrogen) atoms. The van der Waals surface area contributed by atoms with Gasteiger partial charge in [-0.1, -0.05) is 0 Å². The number of rotatable bonds is 4. The normalized spacial score (nSPS) is 21.0. The van der Waals surface area contributed by atoms with Crippen molar-refractivity contribution in [3.8, 4) is 0 Å². The molecule has 8 heteroatoms. The number of amides is 1. The van der Waals surface area contributed by atoms with Crippen LogP contribution in [0.4, 0.5) is 10.5 Å². The van der Waals surface area contributed by atoms with Gasteiger partial charge in [0, 0.05) is 37.4 Å². The number of hydrogen-bond donors (Lipinski definition) is 0. The molecule has 0 radical (unpaired) electrons. The molecule has 2 saturated heterocycles. The van der Waals surface area contributed by atoms with Crippen LogP contribution in [0.25, 0.3) is 0 Å². The van der Waals surface area contributed by atoms with Gasteiger partial charge in [-0.25, -0.2) is 13.2 Å². The third-order valence-electron chi connectivity index (χ3n) is 6.74. The molecule has 1 saturated carbocycles. The van der Waals surface area contributed by atoms with Crippen LogP contribution < -0.4 is 4.90 Å². The summed E-state index contributed by atoms with van der Waals surface area (Å²) in [6, 6.07) is 4.82. The molecule has 2 aliphatic heterocycles. The number of carbonyl (C=O) groups is 2. The maximum Gasteiger partial charge on any atom is 0.410 e. The Kier molecular flexibility index (Phi) is 5.35. The van der Waals surface area contributed by atoms with E-state index in [0.717, 1.165) is 25.9 Å². The van der Waals surface area contributed by atoms with Gasteiger partial charge in [0.2, 0.25) is 0 Å². The molecule has 0 unspecified atom stereocenters. The van der Waals surface area contributed by atoms with Crippen molar-refractivity contribution in [1.82, 2.24) is 4.90 Å². The van der Waals surface area contributed by atoms with E-state index in [0.29, 0.717) is 16.7 Å². The van der Waals surface area contributed by atoms with Crippen molar-refractivity contribution in [3.05, 3.63) is 23.8 Å². The first-order valence-electron chi connectivity index (χ1n) is 11.0.